The van der Waals surface area contributed by atoms with Crippen LogP contribution in [0.2, 0.25) is 0 Å². The van der Waals surface area contributed by atoms with Crippen molar-refractivity contribution in [3.8, 4) is 0 Å². The fraction of sp³-hybridized carbons (Fsp3) is 0.0667. The number of benzene rings is 2. The van der Waals surface area contributed by atoms with Crippen molar-refractivity contribution in [2.75, 3.05) is 0 Å². The minimum Gasteiger partial charge on any atom is -0.383 e. The fourth-order valence-electron chi connectivity index (χ4n) is 2.08. The van der Waals surface area contributed by atoms with Gasteiger partial charge in [0.1, 0.15) is 23.6 Å². The van der Waals surface area contributed by atoms with Crippen LogP contribution in [0.15, 0.2) is 42.5 Å². The molecule has 1 unspecified atom stereocenters. The van der Waals surface area contributed by atoms with Crippen LogP contribution in [-0.4, -0.2) is 5.11 Å². The van der Waals surface area contributed by atoms with Crippen LogP contribution in [0.4, 0.5) is 13.2 Å². The van der Waals surface area contributed by atoms with Crippen LogP contribution in [0, 0.1) is 17.5 Å². The number of aliphatic hydroxyl groups is 1. The molecule has 1 N–H and O–H groups in total. The van der Waals surface area contributed by atoms with Crippen molar-refractivity contribution in [1.82, 2.24) is 0 Å². The van der Waals surface area contributed by atoms with Gasteiger partial charge in [-0.25, -0.2) is 13.2 Å². The first-order chi connectivity index (χ1) is 9.56. The number of fused-ring (bicyclic) bond motifs is 1. The first-order valence-electron chi connectivity index (χ1n) is 5.87. The minimum atomic E-state index is -1.41. The lowest BCUT2D eigenvalue weighted by Gasteiger charge is -2.10. The molecule has 0 fully saturated rings. The number of hydrogen-bond acceptors (Lipinski definition) is 2. The maximum atomic E-state index is 13.7. The van der Waals surface area contributed by atoms with E-state index in [2.05, 4.69) is 0 Å². The molecule has 0 saturated heterocycles. The van der Waals surface area contributed by atoms with Crippen molar-refractivity contribution in [1.29, 1.82) is 0 Å². The zero-order valence-electron chi connectivity index (χ0n) is 10.1. The smallest absolute Gasteiger partial charge is 0.132 e. The summed E-state index contributed by atoms with van der Waals surface area (Å²) in [6.45, 7) is 0. The van der Waals surface area contributed by atoms with Gasteiger partial charge >= 0.3 is 0 Å². The van der Waals surface area contributed by atoms with Crippen molar-refractivity contribution in [2.24, 2.45) is 0 Å². The molecular formula is C15H9F3OS. The zero-order valence-corrected chi connectivity index (χ0v) is 10.9. The Hall–Kier alpha value is -1.85. The van der Waals surface area contributed by atoms with Crippen molar-refractivity contribution in [2.45, 2.75) is 6.10 Å². The Morgan fingerprint density at radius 3 is 2.35 bits per heavy atom. The van der Waals surface area contributed by atoms with E-state index in [-0.39, 0.29) is 5.56 Å². The molecule has 0 radical (unpaired) electrons. The predicted octanol–water partition coefficient (Wildman–Crippen LogP) is 4.40. The molecule has 102 valence electrons. The molecule has 0 aliphatic rings. The molecule has 3 aromatic rings. The van der Waals surface area contributed by atoms with Gasteiger partial charge in [-0.3, -0.25) is 0 Å². The van der Waals surface area contributed by atoms with E-state index in [9.17, 15) is 18.3 Å². The first-order valence-corrected chi connectivity index (χ1v) is 6.69. The van der Waals surface area contributed by atoms with Gasteiger partial charge in [-0.05, 0) is 41.8 Å². The highest BCUT2D eigenvalue weighted by Gasteiger charge is 2.21. The van der Waals surface area contributed by atoms with E-state index in [1.165, 1.54) is 29.5 Å². The largest absolute Gasteiger partial charge is 0.383 e. The molecule has 1 heterocycles. The summed E-state index contributed by atoms with van der Waals surface area (Å²) in [4.78, 5) is 0.370. The Morgan fingerprint density at radius 1 is 0.950 bits per heavy atom. The molecule has 0 bridgehead atoms. The highest BCUT2D eigenvalue weighted by Crippen LogP contribution is 2.35. The lowest BCUT2D eigenvalue weighted by Crippen LogP contribution is -2.03. The maximum Gasteiger partial charge on any atom is 0.132 e. The number of thiophene rings is 1. The molecule has 0 aliphatic heterocycles. The molecule has 0 aliphatic carbocycles. The van der Waals surface area contributed by atoms with E-state index >= 15 is 0 Å². The van der Waals surface area contributed by atoms with Crippen LogP contribution in [0.3, 0.4) is 0 Å². The van der Waals surface area contributed by atoms with Gasteiger partial charge in [0.2, 0.25) is 0 Å². The normalized spacial score (nSPS) is 12.8. The third-order valence-corrected chi connectivity index (χ3v) is 4.21. The molecular weight excluding hydrogens is 285 g/mol. The Bertz CT molecular complexity index is 762. The van der Waals surface area contributed by atoms with E-state index in [4.69, 9.17) is 0 Å². The van der Waals surface area contributed by atoms with Crippen molar-refractivity contribution < 1.29 is 18.3 Å². The summed E-state index contributed by atoms with van der Waals surface area (Å²) < 4.78 is 41.2. The summed E-state index contributed by atoms with van der Waals surface area (Å²) in [7, 11) is 0. The third kappa shape index (κ3) is 2.19. The molecule has 0 amide bonds. The average molecular weight is 294 g/mol. The second-order valence-corrected chi connectivity index (χ2v) is 5.48. The summed E-state index contributed by atoms with van der Waals surface area (Å²) >= 11 is 1.18. The molecule has 0 saturated carbocycles. The van der Waals surface area contributed by atoms with E-state index in [1.807, 2.05) is 0 Å². The van der Waals surface area contributed by atoms with Crippen LogP contribution in [0.5, 0.6) is 0 Å². The van der Waals surface area contributed by atoms with E-state index < -0.39 is 23.6 Å². The lowest BCUT2D eigenvalue weighted by molar-refractivity contribution is 0.213. The molecule has 1 aromatic heterocycles. The number of rotatable bonds is 2. The van der Waals surface area contributed by atoms with Crippen molar-refractivity contribution in [3.05, 3.63) is 70.4 Å². The molecule has 1 nitrogen and oxygen atoms in total. The molecule has 3 rings (SSSR count). The van der Waals surface area contributed by atoms with Gasteiger partial charge in [-0.2, -0.15) is 0 Å². The van der Waals surface area contributed by atoms with Gasteiger partial charge in [0.15, 0.2) is 0 Å². The maximum absolute atomic E-state index is 13.7. The van der Waals surface area contributed by atoms with Gasteiger partial charge < -0.3 is 5.11 Å². The molecule has 0 spiro atoms. The van der Waals surface area contributed by atoms with Crippen molar-refractivity contribution >= 4 is 21.4 Å². The van der Waals surface area contributed by atoms with Gasteiger partial charge in [0.05, 0.1) is 5.56 Å². The SMILES string of the molecule is OC(c1cc2cc(F)ccc2s1)c1c(F)cccc1F. The third-order valence-electron chi connectivity index (χ3n) is 3.04. The second-order valence-electron chi connectivity index (χ2n) is 4.37. The van der Waals surface area contributed by atoms with E-state index in [1.54, 1.807) is 12.1 Å². The van der Waals surface area contributed by atoms with Crippen LogP contribution in [-0.2, 0) is 0 Å². The van der Waals surface area contributed by atoms with Crippen LogP contribution < -0.4 is 0 Å². The van der Waals surface area contributed by atoms with Gasteiger partial charge in [-0.15, -0.1) is 11.3 Å². The number of aliphatic hydroxyl groups excluding tert-OH is 1. The summed E-state index contributed by atoms with van der Waals surface area (Å²) in [5.74, 6) is -2.00. The van der Waals surface area contributed by atoms with Crippen LogP contribution in [0.25, 0.3) is 10.1 Å². The van der Waals surface area contributed by atoms with Gasteiger partial charge in [0, 0.05) is 9.58 Å². The highest BCUT2D eigenvalue weighted by molar-refractivity contribution is 7.19. The lowest BCUT2D eigenvalue weighted by atomic mass is 10.1. The monoisotopic (exact) mass is 294 g/mol. The summed E-state index contributed by atoms with van der Waals surface area (Å²) in [6.07, 6.45) is -1.41. The number of halogens is 3. The summed E-state index contributed by atoms with van der Waals surface area (Å²) in [5.41, 5.74) is -0.389. The van der Waals surface area contributed by atoms with Crippen LogP contribution >= 0.6 is 11.3 Å². The highest BCUT2D eigenvalue weighted by atomic mass is 32.1. The van der Waals surface area contributed by atoms with Crippen molar-refractivity contribution in [3.63, 3.8) is 0 Å². The summed E-state index contributed by atoms with van der Waals surface area (Å²) in [5, 5.41) is 10.8. The molecule has 5 heteroatoms. The van der Waals surface area contributed by atoms with Gasteiger partial charge in [-0.1, -0.05) is 6.07 Å². The summed E-state index contributed by atoms with van der Waals surface area (Å²) in [6, 6.07) is 9.16. The number of hydrogen-bond donors (Lipinski definition) is 1. The Labute approximate surface area is 116 Å². The zero-order chi connectivity index (χ0) is 14.3. The fourth-order valence-corrected chi connectivity index (χ4v) is 3.12. The predicted molar refractivity (Wildman–Crippen MR) is 72.2 cm³/mol. The van der Waals surface area contributed by atoms with E-state index in [0.29, 0.717) is 10.3 Å². The molecule has 20 heavy (non-hydrogen) atoms. The van der Waals surface area contributed by atoms with Gasteiger partial charge in [0.25, 0.3) is 0 Å². The standard InChI is InChI=1S/C15H9F3OS/c16-9-4-5-12-8(6-9)7-13(20-12)15(19)14-10(17)2-1-3-11(14)18/h1-7,15,19H. The molecule has 2 aromatic carbocycles. The van der Waals surface area contributed by atoms with Crippen LogP contribution in [0.1, 0.15) is 16.5 Å². The minimum absolute atomic E-state index is 0.370. The topological polar surface area (TPSA) is 20.2 Å². The van der Waals surface area contributed by atoms with E-state index in [0.717, 1.165) is 16.8 Å². The Kier molecular flexibility index (Phi) is 3.23. The average Bonchev–Trinajstić information content (AvgIpc) is 2.81. The first kappa shape index (κ1) is 13.1. The quantitative estimate of drug-likeness (QED) is 0.742. The molecule has 1 atom stereocenters. The Balaban J connectivity index is 2.10. The second kappa shape index (κ2) is 4.92. The Morgan fingerprint density at radius 2 is 1.65 bits per heavy atom.